The van der Waals surface area contributed by atoms with Crippen molar-refractivity contribution in [1.29, 1.82) is 0 Å². The predicted octanol–water partition coefficient (Wildman–Crippen LogP) is 1.14. The van der Waals surface area contributed by atoms with Crippen LogP contribution in [0.2, 0.25) is 0 Å². The lowest BCUT2D eigenvalue weighted by Crippen LogP contribution is -2.31. The molecule has 2 aromatic heterocycles. The van der Waals surface area contributed by atoms with Crippen LogP contribution in [0.4, 0.5) is 11.5 Å². The number of pyridine rings is 1. The highest BCUT2D eigenvalue weighted by Crippen LogP contribution is 2.15. The summed E-state index contributed by atoms with van der Waals surface area (Å²) in [5.74, 6) is 0.520. The van der Waals surface area contributed by atoms with E-state index in [9.17, 15) is 4.79 Å². The summed E-state index contributed by atoms with van der Waals surface area (Å²) in [4.78, 5) is 17.8. The summed E-state index contributed by atoms with van der Waals surface area (Å²) >= 11 is 0. The van der Waals surface area contributed by atoms with Gasteiger partial charge in [0.05, 0.1) is 17.1 Å². The lowest BCUT2D eigenvalue weighted by atomic mass is 10.3. The van der Waals surface area contributed by atoms with E-state index in [1.165, 1.54) is 4.90 Å². The summed E-state index contributed by atoms with van der Waals surface area (Å²) < 4.78 is 1.62. The molecule has 0 bridgehead atoms. The molecule has 0 fully saturated rings. The second kappa shape index (κ2) is 5.09. The van der Waals surface area contributed by atoms with Gasteiger partial charge in [0.25, 0.3) is 0 Å². The highest BCUT2D eigenvalue weighted by atomic mass is 16.2. The number of nitrogens with zero attached hydrogens (tertiary/aromatic N) is 4. The van der Waals surface area contributed by atoms with E-state index in [0.717, 1.165) is 11.4 Å². The zero-order valence-electron chi connectivity index (χ0n) is 11.3. The second-order valence-corrected chi connectivity index (χ2v) is 4.38. The Morgan fingerprint density at radius 1 is 1.42 bits per heavy atom. The van der Waals surface area contributed by atoms with Crippen LogP contribution in [0.25, 0.3) is 0 Å². The Hall–Kier alpha value is -2.37. The Kier molecular flexibility index (Phi) is 3.50. The van der Waals surface area contributed by atoms with Gasteiger partial charge in [-0.1, -0.05) is 6.07 Å². The average Bonchev–Trinajstić information content (AvgIpc) is 2.66. The third-order valence-corrected chi connectivity index (χ3v) is 3.09. The van der Waals surface area contributed by atoms with Gasteiger partial charge in [0.15, 0.2) is 0 Å². The number of hydrogen-bond donors (Lipinski definition) is 1. The molecule has 2 aromatic rings. The van der Waals surface area contributed by atoms with Gasteiger partial charge >= 0.3 is 0 Å². The normalized spacial score (nSPS) is 10.5. The SMILES string of the molecule is Cc1nn(CC(=O)N(C)c2ccccn2)c(C)c1N. The van der Waals surface area contributed by atoms with E-state index >= 15 is 0 Å². The molecule has 6 nitrogen and oxygen atoms in total. The molecule has 0 spiro atoms. The van der Waals surface area contributed by atoms with E-state index in [0.29, 0.717) is 11.5 Å². The molecule has 0 radical (unpaired) electrons. The maximum absolute atomic E-state index is 12.2. The number of carbonyl (C=O) groups excluding carboxylic acids is 1. The van der Waals surface area contributed by atoms with Crippen molar-refractivity contribution in [3.05, 3.63) is 35.8 Å². The van der Waals surface area contributed by atoms with Crippen molar-refractivity contribution >= 4 is 17.4 Å². The molecule has 0 aliphatic carbocycles. The molecule has 0 atom stereocenters. The first kappa shape index (κ1) is 13.1. The zero-order chi connectivity index (χ0) is 14.0. The third kappa shape index (κ3) is 2.57. The number of nitrogens with two attached hydrogens (primary N) is 1. The van der Waals surface area contributed by atoms with Gasteiger partial charge in [0, 0.05) is 13.2 Å². The van der Waals surface area contributed by atoms with Crippen LogP contribution < -0.4 is 10.6 Å². The molecule has 0 aliphatic rings. The molecule has 0 saturated heterocycles. The number of carbonyl (C=O) groups is 1. The van der Waals surface area contributed by atoms with Gasteiger partial charge in [-0.3, -0.25) is 14.4 Å². The van der Waals surface area contributed by atoms with Gasteiger partial charge in [-0.15, -0.1) is 0 Å². The number of hydrogen-bond acceptors (Lipinski definition) is 4. The van der Waals surface area contributed by atoms with Gasteiger partial charge < -0.3 is 5.73 Å². The van der Waals surface area contributed by atoms with Crippen molar-refractivity contribution < 1.29 is 4.79 Å². The Morgan fingerprint density at radius 2 is 2.16 bits per heavy atom. The van der Waals surface area contributed by atoms with Crippen LogP contribution in [0.3, 0.4) is 0 Å². The van der Waals surface area contributed by atoms with E-state index in [2.05, 4.69) is 10.1 Å². The molecule has 2 heterocycles. The summed E-state index contributed by atoms with van der Waals surface area (Å²) in [6.07, 6.45) is 1.65. The molecule has 6 heteroatoms. The number of aromatic nitrogens is 3. The maximum atomic E-state index is 12.2. The van der Waals surface area contributed by atoms with Crippen molar-refractivity contribution in [2.45, 2.75) is 20.4 Å². The van der Waals surface area contributed by atoms with Crippen LogP contribution in [0.5, 0.6) is 0 Å². The Labute approximate surface area is 111 Å². The smallest absolute Gasteiger partial charge is 0.249 e. The molecule has 0 aromatic carbocycles. The fraction of sp³-hybridized carbons (Fsp3) is 0.308. The third-order valence-electron chi connectivity index (χ3n) is 3.09. The molecular formula is C13H17N5O. The standard InChI is InChI=1S/C13H17N5O/c1-9-13(14)10(2)18(16-9)8-12(19)17(3)11-6-4-5-7-15-11/h4-7H,8,14H2,1-3H3. The van der Waals surface area contributed by atoms with Crippen molar-refractivity contribution in [3.8, 4) is 0 Å². The van der Waals surface area contributed by atoms with Gasteiger partial charge in [0.2, 0.25) is 5.91 Å². The summed E-state index contributed by atoms with van der Waals surface area (Å²) in [5.41, 5.74) is 8.02. The van der Waals surface area contributed by atoms with E-state index in [4.69, 9.17) is 5.73 Å². The van der Waals surface area contributed by atoms with E-state index in [1.54, 1.807) is 24.0 Å². The summed E-state index contributed by atoms with van der Waals surface area (Å²) in [6.45, 7) is 3.83. The van der Waals surface area contributed by atoms with Crippen LogP contribution in [-0.2, 0) is 11.3 Å². The van der Waals surface area contributed by atoms with Crippen molar-refractivity contribution in [2.75, 3.05) is 17.7 Å². The van der Waals surface area contributed by atoms with Crippen molar-refractivity contribution in [1.82, 2.24) is 14.8 Å². The topological polar surface area (TPSA) is 77.0 Å². The van der Waals surface area contributed by atoms with Crippen molar-refractivity contribution in [2.24, 2.45) is 0 Å². The highest BCUT2D eigenvalue weighted by molar-refractivity contribution is 5.91. The Morgan fingerprint density at radius 3 is 2.68 bits per heavy atom. The van der Waals surface area contributed by atoms with Gasteiger partial charge in [0.1, 0.15) is 12.4 Å². The van der Waals surface area contributed by atoms with Crippen LogP contribution >= 0.6 is 0 Å². The molecule has 0 saturated carbocycles. The molecule has 19 heavy (non-hydrogen) atoms. The first-order valence-corrected chi connectivity index (χ1v) is 5.97. The van der Waals surface area contributed by atoms with E-state index < -0.39 is 0 Å². The fourth-order valence-corrected chi connectivity index (χ4v) is 1.78. The first-order chi connectivity index (χ1) is 9.00. The minimum atomic E-state index is -0.0932. The molecule has 100 valence electrons. The van der Waals surface area contributed by atoms with Crippen LogP contribution in [0, 0.1) is 13.8 Å². The van der Waals surface area contributed by atoms with Gasteiger partial charge in [-0.05, 0) is 26.0 Å². The second-order valence-electron chi connectivity index (χ2n) is 4.38. The molecule has 0 aliphatic heterocycles. The van der Waals surface area contributed by atoms with E-state index in [1.807, 2.05) is 26.0 Å². The maximum Gasteiger partial charge on any atom is 0.249 e. The van der Waals surface area contributed by atoms with Crippen LogP contribution in [0.1, 0.15) is 11.4 Å². The molecule has 2 rings (SSSR count). The number of anilines is 2. The Balaban J connectivity index is 2.15. The van der Waals surface area contributed by atoms with Crippen LogP contribution in [-0.4, -0.2) is 27.7 Å². The minimum absolute atomic E-state index is 0.0932. The minimum Gasteiger partial charge on any atom is -0.396 e. The molecule has 2 N–H and O–H groups in total. The number of rotatable bonds is 3. The monoisotopic (exact) mass is 259 g/mol. The quantitative estimate of drug-likeness (QED) is 0.896. The highest BCUT2D eigenvalue weighted by Gasteiger charge is 2.16. The molecule has 1 amide bonds. The van der Waals surface area contributed by atoms with Crippen molar-refractivity contribution in [3.63, 3.8) is 0 Å². The Bertz CT molecular complexity index is 591. The lowest BCUT2D eigenvalue weighted by Gasteiger charge is -2.16. The summed E-state index contributed by atoms with van der Waals surface area (Å²) in [7, 11) is 1.69. The predicted molar refractivity (Wildman–Crippen MR) is 73.8 cm³/mol. The van der Waals surface area contributed by atoms with Gasteiger partial charge in [-0.25, -0.2) is 4.98 Å². The average molecular weight is 259 g/mol. The summed E-state index contributed by atoms with van der Waals surface area (Å²) in [6, 6.07) is 5.43. The molecule has 0 unspecified atom stereocenters. The van der Waals surface area contributed by atoms with E-state index in [-0.39, 0.29) is 12.5 Å². The van der Waals surface area contributed by atoms with Gasteiger partial charge in [-0.2, -0.15) is 5.10 Å². The summed E-state index contributed by atoms with van der Waals surface area (Å²) in [5, 5.41) is 4.25. The molecular weight excluding hydrogens is 242 g/mol. The van der Waals surface area contributed by atoms with Crippen LogP contribution in [0.15, 0.2) is 24.4 Å². The number of likely N-dealkylation sites (N-methyl/N-ethyl adjacent to an activating group) is 1. The fourth-order valence-electron chi connectivity index (χ4n) is 1.78. The number of aryl methyl sites for hydroxylation is 1. The largest absolute Gasteiger partial charge is 0.396 e. The number of nitrogen functional groups attached to an aromatic ring is 1. The lowest BCUT2D eigenvalue weighted by molar-refractivity contribution is -0.119. The number of amides is 1. The first-order valence-electron chi connectivity index (χ1n) is 5.97. The zero-order valence-corrected chi connectivity index (χ0v) is 11.3.